The van der Waals surface area contributed by atoms with E-state index in [1.54, 1.807) is 6.92 Å². The number of ether oxygens (including phenoxy) is 1. The van der Waals surface area contributed by atoms with Crippen molar-refractivity contribution in [1.29, 1.82) is 0 Å². The third-order valence-electron chi connectivity index (χ3n) is 2.35. The molecule has 0 aromatic heterocycles. The molecule has 0 aliphatic heterocycles. The molecule has 1 atom stereocenters. The van der Waals surface area contributed by atoms with E-state index in [9.17, 15) is 9.18 Å². The van der Waals surface area contributed by atoms with Gasteiger partial charge in [0.05, 0.1) is 0 Å². The van der Waals surface area contributed by atoms with Crippen molar-refractivity contribution >= 4 is 5.91 Å². The van der Waals surface area contributed by atoms with Gasteiger partial charge in [-0.05, 0) is 45.3 Å². The van der Waals surface area contributed by atoms with Gasteiger partial charge in [0, 0.05) is 13.1 Å². The van der Waals surface area contributed by atoms with Crippen molar-refractivity contribution in [2.24, 2.45) is 0 Å². The summed E-state index contributed by atoms with van der Waals surface area (Å²) in [6, 6.07) is 5.59. The molecule has 1 aromatic carbocycles. The van der Waals surface area contributed by atoms with Crippen LogP contribution in [0.2, 0.25) is 0 Å². The summed E-state index contributed by atoms with van der Waals surface area (Å²) in [6.45, 7) is 3.01. The SMILES string of the molecule is CC(Oc1ccc(F)cc1)C(=O)NCCN(C)C. The number of amides is 1. The Labute approximate surface area is 107 Å². The molecule has 0 saturated carbocycles. The summed E-state index contributed by atoms with van der Waals surface area (Å²) in [5.74, 6) is -0.0294. The highest BCUT2D eigenvalue weighted by atomic mass is 19.1. The van der Waals surface area contributed by atoms with Gasteiger partial charge in [-0.25, -0.2) is 4.39 Å². The molecule has 18 heavy (non-hydrogen) atoms. The first-order valence-corrected chi connectivity index (χ1v) is 5.83. The zero-order chi connectivity index (χ0) is 13.5. The average Bonchev–Trinajstić information content (AvgIpc) is 2.31. The third-order valence-corrected chi connectivity index (χ3v) is 2.35. The minimum absolute atomic E-state index is 0.179. The summed E-state index contributed by atoms with van der Waals surface area (Å²) in [7, 11) is 3.87. The maximum absolute atomic E-state index is 12.7. The molecule has 0 bridgehead atoms. The van der Waals surface area contributed by atoms with Crippen molar-refractivity contribution in [2.45, 2.75) is 13.0 Å². The van der Waals surface area contributed by atoms with Gasteiger partial charge in [0.15, 0.2) is 6.10 Å². The van der Waals surface area contributed by atoms with Gasteiger partial charge in [0.25, 0.3) is 5.91 Å². The summed E-state index contributed by atoms with van der Waals surface area (Å²) < 4.78 is 18.1. The van der Waals surface area contributed by atoms with Gasteiger partial charge in [-0.3, -0.25) is 4.79 Å². The topological polar surface area (TPSA) is 41.6 Å². The van der Waals surface area contributed by atoms with E-state index in [0.29, 0.717) is 12.3 Å². The molecule has 5 heteroatoms. The number of nitrogens with zero attached hydrogens (tertiary/aromatic N) is 1. The smallest absolute Gasteiger partial charge is 0.260 e. The van der Waals surface area contributed by atoms with Crippen molar-refractivity contribution in [3.63, 3.8) is 0 Å². The van der Waals surface area contributed by atoms with E-state index in [2.05, 4.69) is 5.32 Å². The van der Waals surface area contributed by atoms with E-state index >= 15 is 0 Å². The molecule has 0 aliphatic rings. The Kier molecular flexibility index (Phi) is 5.58. The summed E-state index contributed by atoms with van der Waals surface area (Å²) >= 11 is 0. The fourth-order valence-electron chi connectivity index (χ4n) is 1.32. The lowest BCUT2D eigenvalue weighted by molar-refractivity contribution is -0.127. The lowest BCUT2D eigenvalue weighted by atomic mass is 10.3. The first-order valence-electron chi connectivity index (χ1n) is 5.83. The van der Waals surface area contributed by atoms with Gasteiger partial charge in [0.1, 0.15) is 11.6 Å². The highest BCUT2D eigenvalue weighted by molar-refractivity contribution is 5.80. The van der Waals surface area contributed by atoms with Crippen molar-refractivity contribution < 1.29 is 13.9 Å². The summed E-state index contributed by atoms with van der Waals surface area (Å²) in [5, 5.41) is 2.77. The average molecular weight is 254 g/mol. The van der Waals surface area contributed by atoms with E-state index in [-0.39, 0.29) is 11.7 Å². The van der Waals surface area contributed by atoms with Gasteiger partial charge in [-0.1, -0.05) is 0 Å². The molecule has 1 rings (SSSR count). The first kappa shape index (κ1) is 14.4. The number of carbonyl (C=O) groups excluding carboxylic acids is 1. The van der Waals surface area contributed by atoms with Crippen LogP contribution in [-0.4, -0.2) is 44.1 Å². The molecule has 0 radical (unpaired) electrons. The molecule has 1 N–H and O–H groups in total. The quantitative estimate of drug-likeness (QED) is 0.831. The predicted octanol–water partition coefficient (Wildman–Crippen LogP) is 1.27. The fourth-order valence-corrected chi connectivity index (χ4v) is 1.32. The molecule has 1 unspecified atom stereocenters. The van der Waals surface area contributed by atoms with Crippen LogP contribution in [0.15, 0.2) is 24.3 Å². The van der Waals surface area contributed by atoms with Crippen LogP contribution in [0.5, 0.6) is 5.75 Å². The van der Waals surface area contributed by atoms with Gasteiger partial charge < -0.3 is 15.0 Å². The molecular weight excluding hydrogens is 235 g/mol. The Hall–Kier alpha value is -1.62. The van der Waals surface area contributed by atoms with E-state index in [0.717, 1.165) is 6.54 Å². The van der Waals surface area contributed by atoms with Crippen LogP contribution >= 0.6 is 0 Å². The first-order chi connectivity index (χ1) is 8.49. The van der Waals surface area contributed by atoms with Crippen molar-refractivity contribution in [2.75, 3.05) is 27.2 Å². The lowest BCUT2D eigenvalue weighted by Gasteiger charge is -2.16. The number of hydrogen-bond donors (Lipinski definition) is 1. The molecular formula is C13H19FN2O2. The molecule has 0 spiro atoms. The molecule has 0 fully saturated rings. The van der Waals surface area contributed by atoms with Crippen LogP contribution in [0.4, 0.5) is 4.39 Å². The van der Waals surface area contributed by atoms with Crippen LogP contribution in [-0.2, 0) is 4.79 Å². The highest BCUT2D eigenvalue weighted by Crippen LogP contribution is 2.12. The second-order valence-electron chi connectivity index (χ2n) is 4.31. The van der Waals surface area contributed by atoms with Crippen molar-refractivity contribution in [3.05, 3.63) is 30.1 Å². The molecule has 0 saturated heterocycles. The van der Waals surface area contributed by atoms with Crippen LogP contribution < -0.4 is 10.1 Å². The molecule has 4 nitrogen and oxygen atoms in total. The third kappa shape index (κ3) is 5.14. The number of benzene rings is 1. The standard InChI is InChI=1S/C13H19FN2O2/c1-10(13(17)15-8-9-16(2)3)18-12-6-4-11(14)5-7-12/h4-7,10H,8-9H2,1-3H3,(H,15,17). The van der Waals surface area contributed by atoms with Crippen molar-refractivity contribution in [3.8, 4) is 5.75 Å². The maximum Gasteiger partial charge on any atom is 0.260 e. The zero-order valence-corrected chi connectivity index (χ0v) is 10.9. The number of likely N-dealkylation sites (N-methyl/N-ethyl adjacent to an activating group) is 1. The van der Waals surface area contributed by atoms with Gasteiger partial charge in [-0.2, -0.15) is 0 Å². The van der Waals surface area contributed by atoms with Crippen LogP contribution in [0.3, 0.4) is 0 Å². The number of halogens is 1. The van der Waals surface area contributed by atoms with E-state index < -0.39 is 6.10 Å². The maximum atomic E-state index is 12.7. The van der Waals surface area contributed by atoms with E-state index in [4.69, 9.17) is 4.74 Å². The minimum Gasteiger partial charge on any atom is -0.481 e. The second kappa shape index (κ2) is 6.96. The summed E-state index contributed by atoms with van der Waals surface area (Å²) in [4.78, 5) is 13.6. The number of nitrogens with one attached hydrogen (secondary N) is 1. The lowest BCUT2D eigenvalue weighted by Crippen LogP contribution is -2.39. The van der Waals surface area contributed by atoms with E-state index in [1.807, 2.05) is 19.0 Å². The monoisotopic (exact) mass is 254 g/mol. The van der Waals surface area contributed by atoms with Gasteiger partial charge in [-0.15, -0.1) is 0 Å². The Morgan fingerprint density at radius 3 is 2.56 bits per heavy atom. The molecule has 1 amide bonds. The summed E-state index contributed by atoms with van der Waals surface area (Å²) in [6.07, 6.45) is -0.599. The van der Waals surface area contributed by atoms with Crippen LogP contribution in [0, 0.1) is 5.82 Å². The molecule has 0 heterocycles. The van der Waals surface area contributed by atoms with Crippen LogP contribution in [0.1, 0.15) is 6.92 Å². The Morgan fingerprint density at radius 2 is 2.00 bits per heavy atom. The summed E-state index contributed by atoms with van der Waals surface area (Å²) in [5.41, 5.74) is 0. The van der Waals surface area contributed by atoms with Crippen molar-refractivity contribution in [1.82, 2.24) is 10.2 Å². The minimum atomic E-state index is -0.599. The Bertz CT molecular complexity index is 379. The highest BCUT2D eigenvalue weighted by Gasteiger charge is 2.13. The Morgan fingerprint density at radius 1 is 1.39 bits per heavy atom. The largest absolute Gasteiger partial charge is 0.481 e. The second-order valence-corrected chi connectivity index (χ2v) is 4.31. The normalized spacial score (nSPS) is 12.3. The van der Waals surface area contributed by atoms with Crippen LogP contribution in [0.25, 0.3) is 0 Å². The Balaban J connectivity index is 2.37. The molecule has 1 aromatic rings. The van der Waals surface area contributed by atoms with Gasteiger partial charge in [0.2, 0.25) is 0 Å². The van der Waals surface area contributed by atoms with E-state index in [1.165, 1.54) is 24.3 Å². The molecule has 0 aliphatic carbocycles. The zero-order valence-electron chi connectivity index (χ0n) is 10.9. The number of hydrogen-bond acceptors (Lipinski definition) is 3. The predicted molar refractivity (Wildman–Crippen MR) is 68.1 cm³/mol. The number of carbonyl (C=O) groups is 1. The number of rotatable bonds is 6. The molecule has 100 valence electrons. The van der Waals surface area contributed by atoms with Gasteiger partial charge >= 0.3 is 0 Å². The fraction of sp³-hybridized carbons (Fsp3) is 0.462.